The van der Waals surface area contributed by atoms with Crippen molar-refractivity contribution in [3.8, 4) is 0 Å². The van der Waals surface area contributed by atoms with E-state index >= 15 is 0 Å². The van der Waals surface area contributed by atoms with Crippen molar-refractivity contribution in [1.29, 1.82) is 0 Å². The van der Waals surface area contributed by atoms with Crippen LogP contribution in [0.25, 0.3) is 0 Å². The van der Waals surface area contributed by atoms with Crippen LogP contribution in [0.4, 0.5) is 5.69 Å². The normalized spacial score (nSPS) is 16.4. The van der Waals surface area contributed by atoms with Crippen molar-refractivity contribution in [2.45, 2.75) is 32.1 Å². The van der Waals surface area contributed by atoms with Gasteiger partial charge in [0.05, 0.1) is 42.3 Å². The fourth-order valence-electron chi connectivity index (χ4n) is 3.42. The Kier molecular flexibility index (Phi) is 9.63. The van der Waals surface area contributed by atoms with Crippen LogP contribution in [0.2, 0.25) is 0 Å². The number of aliphatic hydroxyl groups excluding tert-OH is 1. The molecule has 1 aliphatic heterocycles. The number of nitro groups is 1. The highest BCUT2D eigenvalue weighted by Crippen LogP contribution is 2.41. The van der Waals surface area contributed by atoms with Gasteiger partial charge in [-0.15, -0.1) is 11.8 Å². The first kappa shape index (κ1) is 26.9. The number of non-ortho nitro benzene ring substituents is 1. The molecule has 0 spiro atoms. The second-order valence-corrected chi connectivity index (χ2v) is 8.04. The van der Waals surface area contributed by atoms with Crippen molar-refractivity contribution in [3.05, 3.63) is 62.5 Å². The van der Waals surface area contributed by atoms with Crippen LogP contribution in [-0.2, 0) is 28.6 Å². The number of methoxy groups -OCH3 is 1. The maximum atomic E-state index is 13.1. The highest BCUT2D eigenvalue weighted by molar-refractivity contribution is 8.00. The summed E-state index contributed by atoms with van der Waals surface area (Å²) in [5.74, 6) is -3.43. The van der Waals surface area contributed by atoms with Crippen LogP contribution in [0.15, 0.2) is 46.8 Å². The molecule has 2 N–H and O–H groups in total. The van der Waals surface area contributed by atoms with E-state index in [9.17, 15) is 29.6 Å². The third kappa shape index (κ3) is 6.14. The molecule has 0 aliphatic carbocycles. The number of hydrogen-bond acceptors (Lipinski definition) is 11. The molecule has 34 heavy (non-hydrogen) atoms. The lowest BCUT2D eigenvalue weighted by atomic mass is 9.80. The van der Waals surface area contributed by atoms with Gasteiger partial charge in [-0.05, 0) is 26.3 Å². The van der Waals surface area contributed by atoms with Crippen molar-refractivity contribution in [1.82, 2.24) is 5.32 Å². The second kappa shape index (κ2) is 12.2. The lowest BCUT2D eigenvalue weighted by molar-refractivity contribution is -0.384. The van der Waals surface area contributed by atoms with Crippen molar-refractivity contribution < 1.29 is 38.6 Å². The molecule has 2 atom stereocenters. The molecule has 0 bridgehead atoms. The number of dihydropyridines is 1. The highest BCUT2D eigenvalue weighted by atomic mass is 32.2. The Balaban J connectivity index is 2.69. The van der Waals surface area contributed by atoms with E-state index in [0.29, 0.717) is 11.3 Å². The number of nitrogens with zero attached hydrogens (tertiary/aromatic N) is 1. The minimum absolute atomic E-state index is 0.0144. The van der Waals surface area contributed by atoms with Crippen LogP contribution in [0.5, 0.6) is 0 Å². The van der Waals surface area contributed by atoms with E-state index in [0.717, 1.165) is 18.9 Å². The second-order valence-electron chi connectivity index (χ2n) is 6.97. The number of rotatable bonds is 10. The fraction of sp³-hybridized carbons (Fsp3) is 0.409. The minimum Gasteiger partial charge on any atom is -0.466 e. The maximum absolute atomic E-state index is 13.1. The summed E-state index contributed by atoms with van der Waals surface area (Å²) in [6, 6.07) is 5.58. The van der Waals surface area contributed by atoms with Crippen molar-refractivity contribution in [2.75, 3.05) is 26.1 Å². The average Bonchev–Trinajstić information content (AvgIpc) is 2.81. The van der Waals surface area contributed by atoms with Gasteiger partial charge in [-0.2, -0.15) is 0 Å². The quantitative estimate of drug-likeness (QED) is 0.162. The van der Waals surface area contributed by atoms with E-state index < -0.39 is 34.2 Å². The molecule has 2 unspecified atom stereocenters. The zero-order valence-electron chi connectivity index (χ0n) is 19.2. The summed E-state index contributed by atoms with van der Waals surface area (Å²) in [4.78, 5) is 48.4. The monoisotopic (exact) mass is 494 g/mol. The number of carbonyl (C=O) groups is 3. The van der Waals surface area contributed by atoms with Crippen LogP contribution in [0.1, 0.15) is 32.3 Å². The molecule has 0 saturated heterocycles. The first-order chi connectivity index (χ1) is 16.2. The molecule has 0 saturated carbocycles. The van der Waals surface area contributed by atoms with E-state index in [1.807, 2.05) is 0 Å². The van der Waals surface area contributed by atoms with E-state index in [1.54, 1.807) is 26.8 Å². The van der Waals surface area contributed by atoms with Crippen LogP contribution in [0, 0.1) is 10.1 Å². The van der Waals surface area contributed by atoms with Gasteiger partial charge in [-0.3, -0.25) is 10.1 Å². The van der Waals surface area contributed by atoms with Crippen LogP contribution >= 0.6 is 11.8 Å². The number of carbonyl (C=O) groups excluding carboxylic acids is 3. The van der Waals surface area contributed by atoms with Crippen LogP contribution in [0.3, 0.4) is 0 Å². The van der Waals surface area contributed by atoms with Gasteiger partial charge in [0, 0.05) is 29.3 Å². The highest BCUT2D eigenvalue weighted by Gasteiger charge is 2.39. The maximum Gasteiger partial charge on any atom is 0.345 e. The van der Waals surface area contributed by atoms with Crippen molar-refractivity contribution >= 4 is 35.4 Å². The zero-order chi connectivity index (χ0) is 25.4. The summed E-state index contributed by atoms with van der Waals surface area (Å²) in [5, 5.41) is 24.4. The SMILES string of the molecule is CCOC(=O)C1=C(C)NC(CSC(O)C(=O)OC)=C(C(=O)OCC)C1c1cccc([N+](=O)[O-])c1. The molecule has 0 radical (unpaired) electrons. The Hall–Kier alpha value is -3.38. The fourth-order valence-corrected chi connectivity index (χ4v) is 4.21. The minimum atomic E-state index is -1.52. The topological polar surface area (TPSA) is 154 Å². The first-order valence-electron chi connectivity index (χ1n) is 10.3. The Bertz CT molecular complexity index is 1030. The molecule has 1 aromatic carbocycles. The number of allylic oxidation sites excluding steroid dienone is 1. The van der Waals surface area contributed by atoms with Gasteiger partial charge < -0.3 is 24.6 Å². The summed E-state index contributed by atoms with van der Waals surface area (Å²) in [6.45, 7) is 4.95. The molecule has 0 fully saturated rings. The summed E-state index contributed by atoms with van der Waals surface area (Å²) in [7, 11) is 1.13. The molecular weight excluding hydrogens is 468 g/mol. The standard InChI is InChI=1S/C22H26N2O9S/c1-5-32-19(25)16-12(3)23-15(11-34-22(28)21(27)31-4)18(20(26)33-6-2)17(16)13-8-7-9-14(10-13)24(29)30/h7-10,17,22-23,28H,5-6,11H2,1-4H3. The summed E-state index contributed by atoms with van der Waals surface area (Å²) >= 11 is 0.788. The van der Waals surface area contributed by atoms with Crippen molar-refractivity contribution in [3.63, 3.8) is 0 Å². The predicted octanol–water partition coefficient (Wildman–Crippen LogP) is 2.16. The molecule has 184 valence electrons. The van der Waals surface area contributed by atoms with E-state index in [2.05, 4.69) is 10.1 Å². The van der Waals surface area contributed by atoms with Crippen LogP contribution < -0.4 is 5.32 Å². The largest absolute Gasteiger partial charge is 0.466 e. The number of ether oxygens (including phenoxy) is 3. The van der Waals surface area contributed by atoms with E-state index in [1.165, 1.54) is 18.2 Å². The average molecular weight is 495 g/mol. The molecular formula is C22H26N2O9S. The molecule has 0 amide bonds. The van der Waals surface area contributed by atoms with Gasteiger partial charge in [0.25, 0.3) is 5.69 Å². The number of hydrogen-bond donors (Lipinski definition) is 2. The molecule has 1 aliphatic rings. The van der Waals surface area contributed by atoms with Gasteiger partial charge >= 0.3 is 17.9 Å². The van der Waals surface area contributed by atoms with Crippen molar-refractivity contribution in [2.24, 2.45) is 0 Å². The Labute approximate surface area is 200 Å². The number of esters is 3. The Morgan fingerprint density at radius 3 is 2.35 bits per heavy atom. The molecule has 12 heteroatoms. The number of nitrogens with one attached hydrogen (secondary N) is 1. The third-order valence-electron chi connectivity index (χ3n) is 4.84. The summed E-state index contributed by atoms with van der Waals surface area (Å²) in [6.07, 6.45) is 0. The van der Waals surface area contributed by atoms with Gasteiger partial charge in [0.1, 0.15) is 0 Å². The molecule has 1 heterocycles. The lowest BCUT2D eigenvalue weighted by Gasteiger charge is -2.31. The zero-order valence-corrected chi connectivity index (χ0v) is 20.0. The third-order valence-corrected chi connectivity index (χ3v) is 5.80. The number of nitro benzene ring substituents is 1. The Morgan fingerprint density at radius 1 is 1.18 bits per heavy atom. The molecule has 0 aromatic heterocycles. The lowest BCUT2D eigenvalue weighted by Crippen LogP contribution is -2.34. The van der Waals surface area contributed by atoms with Crippen LogP contribution in [-0.4, -0.2) is 59.5 Å². The molecule has 11 nitrogen and oxygen atoms in total. The van der Waals surface area contributed by atoms with Gasteiger partial charge in [0.15, 0.2) is 5.44 Å². The summed E-state index contributed by atoms with van der Waals surface area (Å²) < 4.78 is 14.9. The van der Waals surface area contributed by atoms with E-state index in [4.69, 9.17) is 9.47 Å². The molecule has 1 aromatic rings. The number of benzene rings is 1. The number of aliphatic hydroxyl groups is 1. The first-order valence-corrected chi connectivity index (χ1v) is 11.4. The summed E-state index contributed by atoms with van der Waals surface area (Å²) in [5.41, 5.74) is -0.711. The van der Waals surface area contributed by atoms with Gasteiger partial charge in [-0.25, -0.2) is 14.4 Å². The van der Waals surface area contributed by atoms with Gasteiger partial charge in [-0.1, -0.05) is 12.1 Å². The predicted molar refractivity (Wildman–Crippen MR) is 122 cm³/mol. The Morgan fingerprint density at radius 2 is 1.79 bits per heavy atom. The number of thioether (sulfide) groups is 1. The smallest absolute Gasteiger partial charge is 0.345 e. The van der Waals surface area contributed by atoms with E-state index in [-0.39, 0.29) is 41.5 Å². The van der Waals surface area contributed by atoms with Gasteiger partial charge in [0.2, 0.25) is 0 Å². The molecule has 2 rings (SSSR count).